The molecule has 0 aliphatic rings. The molecular weight excluding hydrogens is 104 g/mol. The molecule has 0 aromatic heterocycles. The van der Waals surface area contributed by atoms with Crippen LogP contribution >= 0.6 is 0 Å². The Hall–Kier alpha value is -0.760. The molecule has 0 spiro atoms. The number of aliphatic hydroxyl groups is 1. The highest BCUT2D eigenvalue weighted by molar-refractivity contribution is 5.18. The smallest absolute Gasteiger partial charge is 0.116 e. The first-order chi connectivity index (χ1) is 3.72. The summed E-state index contributed by atoms with van der Waals surface area (Å²) in [5.41, 5.74) is 0.521. The minimum absolute atomic E-state index is 0.0906. The number of hydrogen-bond donors (Lipinski definition) is 1. The van der Waals surface area contributed by atoms with Gasteiger partial charge >= 0.3 is 0 Å². The van der Waals surface area contributed by atoms with E-state index in [-0.39, 0.29) is 6.61 Å². The lowest BCUT2D eigenvalue weighted by Crippen LogP contribution is -1.93. The Kier molecular flexibility index (Phi) is 2.96. The van der Waals surface area contributed by atoms with Crippen LogP contribution in [0.1, 0.15) is 0 Å². The molecule has 0 saturated heterocycles. The van der Waals surface area contributed by atoms with Crippen LogP contribution in [0.4, 0.5) is 0 Å². The van der Waals surface area contributed by atoms with Crippen molar-refractivity contribution in [2.45, 2.75) is 0 Å². The molecule has 0 unspecified atom stereocenters. The number of hydrogen-bond acceptors (Lipinski definition) is 2. The Labute approximate surface area is 49.1 Å². The highest BCUT2D eigenvalue weighted by Gasteiger charge is 1.93. The van der Waals surface area contributed by atoms with E-state index in [1.54, 1.807) is 0 Å². The van der Waals surface area contributed by atoms with Crippen molar-refractivity contribution < 1.29 is 9.84 Å². The van der Waals surface area contributed by atoms with Crippen molar-refractivity contribution in [3.63, 3.8) is 0 Å². The van der Waals surface area contributed by atoms with Gasteiger partial charge in [0.25, 0.3) is 0 Å². The summed E-state index contributed by atoms with van der Waals surface area (Å²) in [5.74, 6) is 0.438. The molecule has 46 valence electrons. The quantitative estimate of drug-likeness (QED) is 0.432. The zero-order valence-corrected chi connectivity index (χ0v) is 4.98. The normalized spacial score (nSPS) is 8.25. The highest BCUT2D eigenvalue weighted by Crippen LogP contribution is 2.02. The van der Waals surface area contributed by atoms with Gasteiger partial charge in [0.15, 0.2) is 0 Å². The minimum atomic E-state index is -0.0906. The standard InChI is InChI=1S/C6H10O2/c1-5(4-7)6(2)8-3/h7H,1-2,4H2,3H3. The fourth-order valence-corrected chi connectivity index (χ4v) is 0.233. The zero-order valence-electron chi connectivity index (χ0n) is 4.98. The first-order valence-corrected chi connectivity index (χ1v) is 2.24. The molecule has 8 heavy (non-hydrogen) atoms. The van der Waals surface area contributed by atoms with E-state index in [0.717, 1.165) is 0 Å². The number of methoxy groups -OCH3 is 1. The van der Waals surface area contributed by atoms with E-state index in [1.807, 2.05) is 0 Å². The van der Waals surface area contributed by atoms with E-state index in [9.17, 15) is 0 Å². The summed E-state index contributed by atoms with van der Waals surface area (Å²) in [4.78, 5) is 0. The van der Waals surface area contributed by atoms with Crippen molar-refractivity contribution in [3.05, 3.63) is 24.5 Å². The molecule has 0 atom stereocenters. The van der Waals surface area contributed by atoms with Gasteiger partial charge in [0.2, 0.25) is 0 Å². The molecule has 0 rings (SSSR count). The fraction of sp³-hybridized carbons (Fsp3) is 0.333. The summed E-state index contributed by atoms with van der Waals surface area (Å²) in [6.07, 6.45) is 0. The summed E-state index contributed by atoms with van der Waals surface area (Å²) in [5, 5.41) is 8.40. The lowest BCUT2D eigenvalue weighted by Gasteiger charge is -2.02. The molecule has 0 aliphatic heterocycles. The van der Waals surface area contributed by atoms with E-state index < -0.39 is 0 Å². The lowest BCUT2D eigenvalue weighted by molar-refractivity contribution is 0.274. The van der Waals surface area contributed by atoms with E-state index in [1.165, 1.54) is 7.11 Å². The predicted molar refractivity (Wildman–Crippen MR) is 32.4 cm³/mol. The Morgan fingerprint density at radius 1 is 1.62 bits per heavy atom. The summed E-state index contributed by atoms with van der Waals surface area (Å²) in [6.45, 7) is 6.84. The summed E-state index contributed by atoms with van der Waals surface area (Å²) in [7, 11) is 1.49. The molecule has 0 aromatic carbocycles. The number of aliphatic hydroxyl groups excluding tert-OH is 1. The molecule has 2 nitrogen and oxygen atoms in total. The summed E-state index contributed by atoms with van der Waals surface area (Å²) >= 11 is 0. The van der Waals surface area contributed by atoms with Crippen LogP contribution in [0.5, 0.6) is 0 Å². The molecule has 2 heteroatoms. The number of rotatable bonds is 3. The van der Waals surface area contributed by atoms with Gasteiger partial charge in [0.05, 0.1) is 13.7 Å². The van der Waals surface area contributed by atoms with Crippen LogP contribution in [0.2, 0.25) is 0 Å². The van der Waals surface area contributed by atoms with E-state index >= 15 is 0 Å². The van der Waals surface area contributed by atoms with Crippen LogP contribution in [0.15, 0.2) is 24.5 Å². The molecule has 1 N–H and O–H groups in total. The Morgan fingerprint density at radius 3 is 2.25 bits per heavy atom. The van der Waals surface area contributed by atoms with E-state index in [4.69, 9.17) is 5.11 Å². The zero-order chi connectivity index (χ0) is 6.57. The molecule has 0 aromatic rings. The lowest BCUT2D eigenvalue weighted by atomic mass is 10.3. The Balaban J connectivity index is 3.64. The summed E-state index contributed by atoms with van der Waals surface area (Å²) in [6, 6.07) is 0. The molecule has 0 aliphatic carbocycles. The van der Waals surface area contributed by atoms with Gasteiger partial charge in [-0.2, -0.15) is 0 Å². The monoisotopic (exact) mass is 114 g/mol. The average molecular weight is 114 g/mol. The average Bonchev–Trinajstić information content (AvgIpc) is 1.84. The molecule has 0 saturated carbocycles. The van der Waals surface area contributed by atoms with Crippen LogP contribution in [-0.2, 0) is 4.74 Å². The van der Waals surface area contributed by atoms with Crippen molar-refractivity contribution in [1.29, 1.82) is 0 Å². The van der Waals surface area contributed by atoms with Gasteiger partial charge < -0.3 is 9.84 Å². The topological polar surface area (TPSA) is 29.5 Å². The van der Waals surface area contributed by atoms with Crippen molar-refractivity contribution in [2.24, 2.45) is 0 Å². The first-order valence-electron chi connectivity index (χ1n) is 2.24. The molecule has 0 fully saturated rings. The first kappa shape index (κ1) is 7.24. The van der Waals surface area contributed by atoms with Crippen LogP contribution in [0.25, 0.3) is 0 Å². The Bertz CT molecular complexity index is 91.1. The third-order valence-electron chi connectivity index (χ3n) is 0.832. The fourth-order valence-electron chi connectivity index (χ4n) is 0.233. The van der Waals surface area contributed by atoms with Crippen LogP contribution in [-0.4, -0.2) is 18.8 Å². The maximum absolute atomic E-state index is 8.40. The minimum Gasteiger partial charge on any atom is -0.497 e. The molecule has 0 radical (unpaired) electrons. The maximum Gasteiger partial charge on any atom is 0.116 e. The van der Waals surface area contributed by atoms with Crippen molar-refractivity contribution >= 4 is 0 Å². The second-order valence-electron chi connectivity index (χ2n) is 1.39. The van der Waals surface area contributed by atoms with Crippen LogP contribution in [0, 0.1) is 0 Å². The van der Waals surface area contributed by atoms with Crippen LogP contribution < -0.4 is 0 Å². The molecule has 0 bridgehead atoms. The molecule has 0 heterocycles. The van der Waals surface area contributed by atoms with Crippen molar-refractivity contribution in [2.75, 3.05) is 13.7 Å². The van der Waals surface area contributed by atoms with Crippen molar-refractivity contribution in [3.8, 4) is 0 Å². The number of ether oxygens (including phenoxy) is 1. The third-order valence-corrected chi connectivity index (χ3v) is 0.832. The van der Waals surface area contributed by atoms with Gasteiger partial charge in [0, 0.05) is 5.57 Å². The SMILES string of the molecule is C=C(CO)C(=C)OC. The second-order valence-corrected chi connectivity index (χ2v) is 1.39. The van der Waals surface area contributed by atoms with Gasteiger partial charge in [0.1, 0.15) is 5.76 Å². The van der Waals surface area contributed by atoms with E-state index in [0.29, 0.717) is 11.3 Å². The maximum atomic E-state index is 8.40. The largest absolute Gasteiger partial charge is 0.497 e. The van der Waals surface area contributed by atoms with E-state index in [2.05, 4.69) is 17.9 Å². The summed E-state index contributed by atoms with van der Waals surface area (Å²) < 4.78 is 4.65. The van der Waals surface area contributed by atoms with Crippen molar-refractivity contribution in [1.82, 2.24) is 0 Å². The molecular formula is C6H10O2. The third kappa shape index (κ3) is 1.80. The van der Waals surface area contributed by atoms with Gasteiger partial charge in [-0.3, -0.25) is 0 Å². The van der Waals surface area contributed by atoms with Gasteiger partial charge in [-0.05, 0) is 0 Å². The predicted octanol–water partition coefficient (Wildman–Crippen LogP) is 0.695. The van der Waals surface area contributed by atoms with Gasteiger partial charge in [-0.25, -0.2) is 0 Å². The van der Waals surface area contributed by atoms with Gasteiger partial charge in [-0.15, -0.1) is 0 Å². The van der Waals surface area contributed by atoms with Gasteiger partial charge in [-0.1, -0.05) is 13.2 Å². The highest BCUT2D eigenvalue weighted by atomic mass is 16.5. The second kappa shape index (κ2) is 3.27. The molecule has 0 amide bonds. The Morgan fingerprint density at radius 2 is 2.12 bits per heavy atom. The van der Waals surface area contributed by atoms with Crippen LogP contribution in [0.3, 0.4) is 0 Å².